The number of aryl methyl sites for hydroxylation is 1. The minimum absolute atomic E-state index is 0.0315. The van der Waals surface area contributed by atoms with Gasteiger partial charge < -0.3 is 10.1 Å². The van der Waals surface area contributed by atoms with Gasteiger partial charge in [-0.1, -0.05) is 18.2 Å². The van der Waals surface area contributed by atoms with Gasteiger partial charge in [-0.05, 0) is 55.0 Å². The number of benzene rings is 2. The summed E-state index contributed by atoms with van der Waals surface area (Å²) in [6.07, 6.45) is 1.59. The van der Waals surface area contributed by atoms with Gasteiger partial charge in [-0.25, -0.2) is 13.4 Å². The van der Waals surface area contributed by atoms with Crippen molar-refractivity contribution in [3.8, 4) is 5.75 Å². The number of para-hydroxylation sites is 2. The zero-order valence-electron chi connectivity index (χ0n) is 15.3. The standard InChI is InChI=1S/C20H19N3O4S/c1-14-6-5-13-21-19(14)22-20(24)15-9-11-16(12-10-15)28(25,26)23-17-7-3-4-8-18(17)27-2/h3-13,23H,1-2H3,(H,21,22,24). The third kappa shape index (κ3) is 4.29. The Balaban J connectivity index is 1.78. The lowest BCUT2D eigenvalue weighted by molar-refractivity contribution is 0.102. The maximum Gasteiger partial charge on any atom is 0.262 e. The summed E-state index contributed by atoms with van der Waals surface area (Å²) in [5.41, 5.74) is 1.48. The fourth-order valence-corrected chi connectivity index (χ4v) is 3.58. The summed E-state index contributed by atoms with van der Waals surface area (Å²) in [4.78, 5) is 16.5. The third-order valence-corrected chi connectivity index (χ3v) is 5.40. The Morgan fingerprint density at radius 1 is 1.00 bits per heavy atom. The van der Waals surface area contributed by atoms with E-state index in [0.29, 0.717) is 22.8 Å². The Kier molecular flexibility index (Phi) is 5.60. The van der Waals surface area contributed by atoms with Gasteiger partial charge in [-0.2, -0.15) is 0 Å². The summed E-state index contributed by atoms with van der Waals surface area (Å²) in [6, 6.07) is 16.0. The van der Waals surface area contributed by atoms with Crippen molar-refractivity contribution in [3.05, 3.63) is 78.0 Å². The maximum atomic E-state index is 12.6. The Labute approximate surface area is 163 Å². The van der Waals surface area contributed by atoms with E-state index in [1.54, 1.807) is 36.5 Å². The van der Waals surface area contributed by atoms with Gasteiger partial charge in [-0.3, -0.25) is 9.52 Å². The number of ether oxygens (including phenoxy) is 1. The van der Waals surface area contributed by atoms with Gasteiger partial charge >= 0.3 is 0 Å². The topological polar surface area (TPSA) is 97.4 Å². The van der Waals surface area contributed by atoms with Crippen LogP contribution in [0.2, 0.25) is 0 Å². The number of sulfonamides is 1. The quantitative estimate of drug-likeness (QED) is 0.664. The maximum absolute atomic E-state index is 12.6. The van der Waals surface area contributed by atoms with E-state index in [4.69, 9.17) is 4.74 Å². The number of methoxy groups -OCH3 is 1. The number of aromatic nitrogens is 1. The van der Waals surface area contributed by atoms with Crippen LogP contribution >= 0.6 is 0 Å². The summed E-state index contributed by atoms with van der Waals surface area (Å²) in [6.45, 7) is 1.84. The molecule has 2 aromatic carbocycles. The molecule has 0 fully saturated rings. The first-order valence-corrected chi connectivity index (χ1v) is 9.88. The molecule has 1 amide bonds. The van der Waals surface area contributed by atoms with Crippen LogP contribution in [-0.4, -0.2) is 26.4 Å². The second kappa shape index (κ2) is 8.10. The lowest BCUT2D eigenvalue weighted by atomic mass is 10.2. The number of pyridine rings is 1. The van der Waals surface area contributed by atoms with Crippen molar-refractivity contribution in [1.29, 1.82) is 0 Å². The molecule has 28 heavy (non-hydrogen) atoms. The molecule has 0 aliphatic heterocycles. The summed E-state index contributed by atoms with van der Waals surface area (Å²) in [7, 11) is -2.37. The Bertz CT molecular complexity index is 1100. The highest BCUT2D eigenvalue weighted by atomic mass is 32.2. The van der Waals surface area contributed by atoms with Crippen molar-refractivity contribution in [3.63, 3.8) is 0 Å². The zero-order chi connectivity index (χ0) is 20.1. The number of nitrogens with one attached hydrogen (secondary N) is 2. The monoisotopic (exact) mass is 397 g/mol. The van der Waals surface area contributed by atoms with Crippen LogP contribution in [0.3, 0.4) is 0 Å². The van der Waals surface area contributed by atoms with Gasteiger partial charge in [0.15, 0.2) is 0 Å². The molecule has 0 radical (unpaired) electrons. The molecule has 2 N–H and O–H groups in total. The van der Waals surface area contributed by atoms with Crippen LogP contribution < -0.4 is 14.8 Å². The van der Waals surface area contributed by atoms with Gasteiger partial charge in [0.25, 0.3) is 15.9 Å². The number of carbonyl (C=O) groups excluding carboxylic acids is 1. The van der Waals surface area contributed by atoms with Gasteiger partial charge in [0, 0.05) is 11.8 Å². The van der Waals surface area contributed by atoms with E-state index in [-0.39, 0.29) is 10.8 Å². The van der Waals surface area contributed by atoms with Crippen LogP contribution in [-0.2, 0) is 10.0 Å². The second-order valence-corrected chi connectivity index (χ2v) is 7.64. The van der Waals surface area contributed by atoms with Gasteiger partial charge in [0.05, 0.1) is 17.7 Å². The molecule has 0 bridgehead atoms. The molecule has 0 atom stereocenters. The SMILES string of the molecule is COc1ccccc1NS(=O)(=O)c1ccc(C(=O)Nc2ncccc2C)cc1. The molecule has 0 saturated heterocycles. The number of hydrogen-bond donors (Lipinski definition) is 2. The molecule has 8 heteroatoms. The van der Waals surface area contributed by atoms with Crippen molar-refractivity contribution in [1.82, 2.24) is 4.98 Å². The van der Waals surface area contributed by atoms with E-state index in [0.717, 1.165) is 5.56 Å². The molecule has 3 aromatic rings. The van der Waals surface area contributed by atoms with Crippen LogP contribution in [0.15, 0.2) is 71.8 Å². The highest BCUT2D eigenvalue weighted by Gasteiger charge is 2.17. The Hall–Kier alpha value is -3.39. The first kappa shape index (κ1) is 19.4. The van der Waals surface area contributed by atoms with E-state index >= 15 is 0 Å². The lowest BCUT2D eigenvalue weighted by Gasteiger charge is -2.12. The van der Waals surface area contributed by atoms with E-state index in [1.165, 1.54) is 31.4 Å². The van der Waals surface area contributed by atoms with Crippen LogP contribution in [0.4, 0.5) is 11.5 Å². The molecule has 144 valence electrons. The van der Waals surface area contributed by atoms with Gasteiger partial charge in [-0.15, -0.1) is 0 Å². The summed E-state index contributed by atoms with van der Waals surface area (Å²) < 4.78 is 32.9. The van der Waals surface area contributed by atoms with E-state index < -0.39 is 10.0 Å². The first-order valence-electron chi connectivity index (χ1n) is 8.39. The van der Waals surface area contributed by atoms with Crippen LogP contribution in [0, 0.1) is 6.92 Å². The molecule has 7 nitrogen and oxygen atoms in total. The minimum Gasteiger partial charge on any atom is -0.495 e. The van der Waals surface area contributed by atoms with Crippen molar-refractivity contribution >= 4 is 27.4 Å². The van der Waals surface area contributed by atoms with Crippen molar-refractivity contribution in [2.45, 2.75) is 11.8 Å². The van der Waals surface area contributed by atoms with E-state index in [9.17, 15) is 13.2 Å². The molecular weight excluding hydrogens is 378 g/mol. The molecule has 0 aliphatic rings. The molecular formula is C20H19N3O4S. The number of carbonyl (C=O) groups is 1. The van der Waals surface area contributed by atoms with Crippen LogP contribution in [0.5, 0.6) is 5.75 Å². The number of nitrogens with zero attached hydrogens (tertiary/aromatic N) is 1. The van der Waals surface area contributed by atoms with Crippen molar-refractivity contribution < 1.29 is 17.9 Å². The fourth-order valence-electron chi connectivity index (χ4n) is 2.51. The molecule has 0 aliphatic carbocycles. The number of rotatable bonds is 6. The predicted molar refractivity (Wildman–Crippen MR) is 107 cm³/mol. The fraction of sp³-hybridized carbons (Fsp3) is 0.100. The number of amides is 1. The molecule has 3 rings (SSSR count). The summed E-state index contributed by atoms with van der Waals surface area (Å²) in [5.74, 6) is 0.498. The number of anilines is 2. The summed E-state index contributed by atoms with van der Waals surface area (Å²) >= 11 is 0. The van der Waals surface area contributed by atoms with Crippen LogP contribution in [0.1, 0.15) is 15.9 Å². The lowest BCUT2D eigenvalue weighted by Crippen LogP contribution is -2.16. The molecule has 1 aromatic heterocycles. The third-order valence-electron chi connectivity index (χ3n) is 4.02. The molecule has 0 unspecified atom stereocenters. The normalized spacial score (nSPS) is 10.9. The summed E-state index contributed by atoms with van der Waals surface area (Å²) in [5, 5.41) is 2.71. The average Bonchev–Trinajstić information content (AvgIpc) is 2.70. The van der Waals surface area contributed by atoms with Crippen LogP contribution in [0.25, 0.3) is 0 Å². The second-order valence-electron chi connectivity index (χ2n) is 5.95. The van der Waals surface area contributed by atoms with Crippen molar-refractivity contribution in [2.75, 3.05) is 17.1 Å². The van der Waals surface area contributed by atoms with E-state index in [1.807, 2.05) is 13.0 Å². The van der Waals surface area contributed by atoms with Gasteiger partial charge in [0.1, 0.15) is 11.6 Å². The van der Waals surface area contributed by atoms with Gasteiger partial charge in [0.2, 0.25) is 0 Å². The molecule has 1 heterocycles. The predicted octanol–water partition coefficient (Wildman–Crippen LogP) is 3.45. The smallest absolute Gasteiger partial charge is 0.262 e. The Morgan fingerprint density at radius 2 is 1.71 bits per heavy atom. The minimum atomic E-state index is -3.83. The zero-order valence-corrected chi connectivity index (χ0v) is 16.2. The Morgan fingerprint density at radius 3 is 2.39 bits per heavy atom. The average molecular weight is 397 g/mol. The highest BCUT2D eigenvalue weighted by Crippen LogP contribution is 2.26. The highest BCUT2D eigenvalue weighted by molar-refractivity contribution is 7.92. The number of hydrogen-bond acceptors (Lipinski definition) is 5. The molecule has 0 spiro atoms. The van der Waals surface area contributed by atoms with Crippen molar-refractivity contribution in [2.24, 2.45) is 0 Å². The molecule has 0 saturated carbocycles. The van der Waals surface area contributed by atoms with E-state index in [2.05, 4.69) is 15.0 Å². The largest absolute Gasteiger partial charge is 0.495 e. The first-order chi connectivity index (χ1) is 13.4.